The number of ketones is 1. The third kappa shape index (κ3) is 3.32. The van der Waals surface area contributed by atoms with Crippen LogP contribution in [-0.4, -0.2) is 40.7 Å². The molecule has 28 heavy (non-hydrogen) atoms. The van der Waals surface area contributed by atoms with Crippen LogP contribution in [0.1, 0.15) is 48.4 Å². The van der Waals surface area contributed by atoms with Crippen molar-refractivity contribution in [3.05, 3.63) is 46.9 Å². The molecule has 0 aliphatic carbocycles. The largest absolute Gasteiger partial charge is 0.386 e. The van der Waals surface area contributed by atoms with E-state index < -0.39 is 37.5 Å². The van der Waals surface area contributed by atoms with Crippen LogP contribution in [0.25, 0.3) is 0 Å². The van der Waals surface area contributed by atoms with Gasteiger partial charge in [0.2, 0.25) is 17.5 Å². The van der Waals surface area contributed by atoms with Crippen LogP contribution in [0.5, 0.6) is 0 Å². The lowest BCUT2D eigenvalue weighted by Gasteiger charge is -2.38. The van der Waals surface area contributed by atoms with E-state index in [2.05, 4.69) is 15.1 Å². The van der Waals surface area contributed by atoms with Gasteiger partial charge in [0.15, 0.2) is 9.84 Å². The van der Waals surface area contributed by atoms with E-state index in [9.17, 15) is 17.6 Å². The minimum atomic E-state index is -3.68. The smallest absolute Gasteiger partial charge is 0.238 e. The lowest BCUT2D eigenvalue weighted by Crippen LogP contribution is -2.55. The van der Waals surface area contributed by atoms with Gasteiger partial charge < -0.3 is 10.3 Å². The highest BCUT2D eigenvalue weighted by Gasteiger charge is 2.49. The Morgan fingerprint density at radius 1 is 1.32 bits per heavy atom. The normalized spacial score (nSPS) is 23.2. The summed E-state index contributed by atoms with van der Waals surface area (Å²) in [7, 11) is -3.68. The average Bonchev–Trinajstić information content (AvgIpc) is 3.01. The molecule has 0 unspecified atom stereocenters. The lowest BCUT2D eigenvalue weighted by molar-refractivity contribution is 0.0980. The highest BCUT2D eigenvalue weighted by molar-refractivity contribution is 7.93. The van der Waals surface area contributed by atoms with Crippen LogP contribution >= 0.6 is 0 Å². The van der Waals surface area contributed by atoms with Gasteiger partial charge in [-0.3, -0.25) is 9.79 Å². The molecule has 1 atom stereocenters. The molecule has 0 saturated heterocycles. The van der Waals surface area contributed by atoms with E-state index in [1.54, 1.807) is 6.92 Å². The van der Waals surface area contributed by atoms with Crippen molar-refractivity contribution in [2.45, 2.75) is 44.4 Å². The summed E-state index contributed by atoms with van der Waals surface area (Å²) in [4.78, 5) is 20.5. The van der Waals surface area contributed by atoms with Gasteiger partial charge in [-0.1, -0.05) is 11.2 Å². The topological polar surface area (TPSA) is 129 Å². The van der Waals surface area contributed by atoms with Gasteiger partial charge in [0.1, 0.15) is 21.9 Å². The van der Waals surface area contributed by atoms with Gasteiger partial charge in [0.05, 0.1) is 5.75 Å². The third-order valence-electron chi connectivity index (χ3n) is 4.99. The first-order valence-electron chi connectivity index (χ1n) is 8.56. The number of benzene rings is 1. The fourth-order valence-corrected chi connectivity index (χ4v) is 4.74. The molecule has 3 rings (SSSR count). The Kier molecular flexibility index (Phi) is 4.65. The number of halogens is 1. The van der Waals surface area contributed by atoms with Crippen LogP contribution in [0.4, 0.5) is 4.39 Å². The Labute approximate surface area is 162 Å². The predicted molar refractivity (Wildman–Crippen MR) is 100 cm³/mol. The molecule has 10 heteroatoms. The molecular formula is C18H21FN4O4S. The molecule has 0 bridgehead atoms. The highest BCUT2D eigenvalue weighted by Crippen LogP contribution is 2.38. The molecule has 0 radical (unpaired) electrons. The highest BCUT2D eigenvalue weighted by atomic mass is 32.2. The number of aryl methyl sites for hydroxylation is 1. The minimum absolute atomic E-state index is 0.0594. The summed E-state index contributed by atoms with van der Waals surface area (Å²) in [6, 6.07) is 4.06. The van der Waals surface area contributed by atoms with Crippen LogP contribution in [0.15, 0.2) is 27.7 Å². The fourth-order valence-electron chi connectivity index (χ4n) is 3.05. The molecule has 1 aliphatic heterocycles. The van der Waals surface area contributed by atoms with E-state index >= 15 is 0 Å². The van der Waals surface area contributed by atoms with E-state index in [-0.39, 0.29) is 29.5 Å². The number of hydrogen-bond acceptors (Lipinski definition) is 8. The summed E-state index contributed by atoms with van der Waals surface area (Å²) in [5.41, 5.74) is 5.05. The maximum absolute atomic E-state index is 14.6. The number of amidine groups is 1. The second-order valence-electron chi connectivity index (χ2n) is 7.59. The zero-order valence-corrected chi connectivity index (χ0v) is 16.8. The molecule has 2 aromatic rings. The zero-order chi connectivity index (χ0) is 20.9. The summed E-state index contributed by atoms with van der Waals surface area (Å²) in [6.45, 7) is 6.02. The molecule has 8 nitrogen and oxygen atoms in total. The van der Waals surface area contributed by atoms with E-state index in [0.717, 1.165) is 0 Å². The molecule has 2 N–H and O–H groups in total. The standard InChI is InChI=1S/C18H21FN4O4S/c1-10-21-15(23-27-10)14(24)8-11-5-6-13(19)12(7-11)18(4)9-28(25,26)17(2,3)16(20)22-18/h5-7H,8-9H2,1-4H3,(H2,20,22)/t18-/m0/s1. The molecule has 0 fully saturated rings. The molecule has 2 heterocycles. The number of aliphatic imine (C=N–C) groups is 1. The van der Waals surface area contributed by atoms with E-state index in [0.29, 0.717) is 5.56 Å². The van der Waals surface area contributed by atoms with Crippen LogP contribution < -0.4 is 5.73 Å². The fraction of sp³-hybridized carbons (Fsp3) is 0.444. The molecule has 1 aliphatic rings. The molecule has 1 aromatic carbocycles. The summed E-state index contributed by atoms with van der Waals surface area (Å²) in [6.07, 6.45) is -0.0974. The number of carbonyl (C=O) groups is 1. The Hall–Kier alpha value is -2.62. The molecule has 0 saturated carbocycles. The van der Waals surface area contributed by atoms with Crippen molar-refractivity contribution in [3.63, 3.8) is 0 Å². The van der Waals surface area contributed by atoms with Gasteiger partial charge in [-0.05, 0) is 38.5 Å². The quantitative estimate of drug-likeness (QED) is 0.763. The third-order valence-corrected chi connectivity index (χ3v) is 7.69. The van der Waals surface area contributed by atoms with E-state index in [1.807, 2.05) is 0 Å². The number of Topliss-reactive ketones (excluding diaryl/α,β-unsaturated/α-hetero) is 1. The maximum atomic E-state index is 14.6. The van der Waals surface area contributed by atoms with Gasteiger partial charge >= 0.3 is 0 Å². The van der Waals surface area contributed by atoms with Crippen LogP contribution in [0.2, 0.25) is 0 Å². The molecule has 0 spiro atoms. The molecular weight excluding hydrogens is 387 g/mol. The van der Waals surface area contributed by atoms with Crippen molar-refractivity contribution in [2.24, 2.45) is 10.7 Å². The zero-order valence-electron chi connectivity index (χ0n) is 16.0. The molecule has 1 aromatic heterocycles. The lowest BCUT2D eigenvalue weighted by atomic mass is 9.91. The van der Waals surface area contributed by atoms with Crippen molar-refractivity contribution >= 4 is 21.5 Å². The molecule has 150 valence electrons. The van der Waals surface area contributed by atoms with Gasteiger partial charge in [-0.15, -0.1) is 0 Å². The van der Waals surface area contributed by atoms with Crippen molar-refractivity contribution in [1.82, 2.24) is 10.1 Å². The van der Waals surface area contributed by atoms with Crippen molar-refractivity contribution in [2.75, 3.05) is 5.75 Å². The van der Waals surface area contributed by atoms with Crippen molar-refractivity contribution in [3.8, 4) is 0 Å². The Morgan fingerprint density at radius 2 is 2.00 bits per heavy atom. The van der Waals surface area contributed by atoms with Crippen molar-refractivity contribution in [1.29, 1.82) is 0 Å². The van der Waals surface area contributed by atoms with Gasteiger partial charge in [-0.2, -0.15) is 4.98 Å². The van der Waals surface area contributed by atoms with E-state index in [1.165, 1.54) is 39.0 Å². The first-order valence-corrected chi connectivity index (χ1v) is 10.2. The summed E-state index contributed by atoms with van der Waals surface area (Å²) in [5.74, 6) is -1.31. The second kappa shape index (κ2) is 6.47. The summed E-state index contributed by atoms with van der Waals surface area (Å²) >= 11 is 0. The number of nitrogens with zero attached hydrogens (tertiary/aromatic N) is 3. The average molecular weight is 408 g/mol. The first kappa shape index (κ1) is 20.1. The summed E-state index contributed by atoms with van der Waals surface area (Å²) in [5, 5.41) is 3.57. The first-order chi connectivity index (χ1) is 12.9. The predicted octanol–water partition coefficient (Wildman–Crippen LogP) is 1.72. The van der Waals surface area contributed by atoms with Gasteiger partial charge in [0, 0.05) is 18.9 Å². The SMILES string of the molecule is Cc1nc(C(=O)Cc2ccc(F)c([C@]3(C)CS(=O)(=O)C(C)(C)C(N)=N3)c2)no1. The van der Waals surface area contributed by atoms with Crippen LogP contribution in [0.3, 0.4) is 0 Å². The number of carbonyl (C=O) groups excluding carboxylic acids is 1. The molecule has 0 amide bonds. The monoisotopic (exact) mass is 408 g/mol. The Morgan fingerprint density at radius 3 is 2.57 bits per heavy atom. The number of hydrogen-bond donors (Lipinski definition) is 1. The Balaban J connectivity index is 2.00. The van der Waals surface area contributed by atoms with Gasteiger partial charge in [0.25, 0.3) is 0 Å². The Bertz CT molecular complexity index is 1090. The number of aromatic nitrogens is 2. The number of nitrogens with two attached hydrogens (primary N) is 1. The maximum Gasteiger partial charge on any atom is 0.238 e. The second-order valence-corrected chi connectivity index (χ2v) is 10.1. The number of rotatable bonds is 4. The van der Waals surface area contributed by atoms with E-state index in [4.69, 9.17) is 10.3 Å². The van der Waals surface area contributed by atoms with Crippen molar-refractivity contribution < 1.29 is 22.1 Å². The minimum Gasteiger partial charge on any atom is -0.386 e. The van der Waals surface area contributed by atoms with Crippen LogP contribution in [0, 0.1) is 12.7 Å². The van der Waals surface area contributed by atoms with Gasteiger partial charge in [-0.25, -0.2) is 12.8 Å². The van der Waals surface area contributed by atoms with Crippen LogP contribution in [-0.2, 0) is 21.8 Å². The summed E-state index contributed by atoms with van der Waals surface area (Å²) < 4.78 is 43.5. The number of sulfone groups is 1.